The van der Waals surface area contributed by atoms with Crippen LogP contribution in [0.15, 0.2) is 35.4 Å². The second-order valence-electron chi connectivity index (χ2n) is 4.26. The third-order valence-corrected chi connectivity index (χ3v) is 5.38. The molecule has 6 nitrogen and oxygen atoms in total. The summed E-state index contributed by atoms with van der Waals surface area (Å²) >= 11 is 1.48. The number of H-pyrrole nitrogens is 1. The largest absolute Gasteiger partial charge is 0.281 e. The molecule has 3 rings (SSSR count). The fourth-order valence-electron chi connectivity index (χ4n) is 1.84. The molecule has 0 aliphatic rings. The van der Waals surface area contributed by atoms with Crippen LogP contribution >= 0.6 is 11.3 Å². The van der Waals surface area contributed by atoms with Gasteiger partial charge in [0.05, 0.1) is 28.7 Å². The Morgan fingerprint density at radius 1 is 1.35 bits per heavy atom. The monoisotopic (exact) mass is 308 g/mol. The van der Waals surface area contributed by atoms with E-state index in [-0.39, 0.29) is 11.4 Å². The van der Waals surface area contributed by atoms with Crippen LogP contribution in [0.25, 0.3) is 10.2 Å². The Morgan fingerprint density at radius 3 is 2.85 bits per heavy atom. The van der Waals surface area contributed by atoms with Crippen LogP contribution in [-0.4, -0.2) is 23.6 Å². The summed E-state index contributed by atoms with van der Waals surface area (Å²) in [4.78, 5) is 4.55. The van der Waals surface area contributed by atoms with E-state index in [1.54, 1.807) is 6.92 Å². The molecule has 0 amide bonds. The topological polar surface area (TPSA) is 87.7 Å². The lowest BCUT2D eigenvalue weighted by Gasteiger charge is -2.03. The van der Waals surface area contributed by atoms with E-state index < -0.39 is 10.0 Å². The van der Waals surface area contributed by atoms with Crippen molar-refractivity contribution in [2.45, 2.75) is 18.4 Å². The second kappa shape index (κ2) is 4.97. The van der Waals surface area contributed by atoms with Crippen LogP contribution in [0.2, 0.25) is 0 Å². The maximum absolute atomic E-state index is 12.1. The summed E-state index contributed by atoms with van der Waals surface area (Å²) in [6.45, 7) is 1.84. The maximum atomic E-state index is 12.1. The number of aromatic amines is 1. The van der Waals surface area contributed by atoms with Gasteiger partial charge in [-0.1, -0.05) is 12.1 Å². The van der Waals surface area contributed by atoms with Crippen molar-refractivity contribution in [1.29, 1.82) is 0 Å². The minimum atomic E-state index is -3.56. The molecule has 0 saturated carbocycles. The van der Waals surface area contributed by atoms with Crippen LogP contribution in [0.1, 0.15) is 10.7 Å². The first kappa shape index (κ1) is 13.2. The lowest BCUT2D eigenvalue weighted by Crippen LogP contribution is -2.23. The molecule has 104 valence electrons. The molecular weight excluding hydrogens is 296 g/mol. The van der Waals surface area contributed by atoms with Gasteiger partial charge in [-0.3, -0.25) is 5.10 Å². The Kier molecular flexibility index (Phi) is 3.28. The molecule has 2 aromatic heterocycles. The number of nitrogens with one attached hydrogen (secondary N) is 2. The zero-order chi connectivity index (χ0) is 14.2. The molecule has 0 spiro atoms. The minimum absolute atomic E-state index is 0.165. The molecule has 0 aliphatic carbocycles. The van der Waals surface area contributed by atoms with Crippen LogP contribution < -0.4 is 4.72 Å². The van der Waals surface area contributed by atoms with Gasteiger partial charge in [-0.2, -0.15) is 5.10 Å². The first-order valence-electron chi connectivity index (χ1n) is 5.90. The van der Waals surface area contributed by atoms with E-state index in [0.29, 0.717) is 5.69 Å². The number of fused-ring (bicyclic) bond motifs is 1. The summed E-state index contributed by atoms with van der Waals surface area (Å²) in [6, 6.07) is 7.71. The number of nitrogens with zero attached hydrogens (tertiary/aromatic N) is 2. The van der Waals surface area contributed by atoms with Gasteiger partial charge in [0.25, 0.3) is 0 Å². The van der Waals surface area contributed by atoms with Crippen LogP contribution in [0.4, 0.5) is 0 Å². The van der Waals surface area contributed by atoms with E-state index >= 15 is 0 Å². The predicted molar refractivity (Wildman–Crippen MR) is 77.0 cm³/mol. The SMILES string of the molecule is Cc1[nH]ncc1S(=O)(=O)NCc1nc2ccccc2s1. The number of hydrogen-bond acceptors (Lipinski definition) is 5. The highest BCUT2D eigenvalue weighted by atomic mass is 32.2. The van der Waals surface area contributed by atoms with Crippen molar-refractivity contribution in [3.8, 4) is 0 Å². The first-order chi connectivity index (χ1) is 9.56. The average Bonchev–Trinajstić information content (AvgIpc) is 3.02. The Bertz CT molecular complexity index is 818. The molecule has 2 N–H and O–H groups in total. The van der Waals surface area contributed by atoms with Crippen molar-refractivity contribution < 1.29 is 8.42 Å². The fourth-order valence-corrected chi connectivity index (χ4v) is 3.96. The van der Waals surface area contributed by atoms with Crippen molar-refractivity contribution in [2.24, 2.45) is 0 Å². The Morgan fingerprint density at radius 2 is 2.15 bits per heavy atom. The van der Waals surface area contributed by atoms with Gasteiger partial charge in [-0.05, 0) is 19.1 Å². The number of hydrogen-bond donors (Lipinski definition) is 2. The summed E-state index contributed by atoms with van der Waals surface area (Å²) in [5.74, 6) is 0. The van der Waals surface area contributed by atoms with Crippen LogP contribution in [-0.2, 0) is 16.6 Å². The minimum Gasteiger partial charge on any atom is -0.281 e. The van der Waals surface area contributed by atoms with E-state index in [1.165, 1.54) is 17.5 Å². The highest BCUT2D eigenvalue weighted by Crippen LogP contribution is 2.21. The van der Waals surface area contributed by atoms with Gasteiger partial charge < -0.3 is 0 Å². The number of aromatic nitrogens is 3. The number of thiazole rings is 1. The maximum Gasteiger partial charge on any atom is 0.244 e. The van der Waals surface area contributed by atoms with Crippen molar-refractivity contribution in [3.05, 3.63) is 41.2 Å². The van der Waals surface area contributed by atoms with Gasteiger partial charge in [-0.15, -0.1) is 11.3 Å². The van der Waals surface area contributed by atoms with E-state index in [4.69, 9.17) is 0 Å². The fraction of sp³-hybridized carbons (Fsp3) is 0.167. The van der Waals surface area contributed by atoms with Gasteiger partial charge in [-0.25, -0.2) is 18.1 Å². The van der Waals surface area contributed by atoms with Crippen molar-refractivity contribution in [1.82, 2.24) is 19.9 Å². The Labute approximate surface area is 119 Å². The second-order valence-corrected chi connectivity index (χ2v) is 7.11. The van der Waals surface area contributed by atoms with Gasteiger partial charge in [0.15, 0.2) is 0 Å². The molecule has 0 radical (unpaired) electrons. The summed E-state index contributed by atoms with van der Waals surface area (Å²) in [7, 11) is -3.56. The average molecular weight is 308 g/mol. The summed E-state index contributed by atoms with van der Waals surface area (Å²) in [6.07, 6.45) is 1.30. The lowest BCUT2D eigenvalue weighted by atomic mass is 10.3. The standard InChI is InChI=1S/C12H12N4O2S2/c1-8-11(6-13-16-8)20(17,18)14-7-12-15-9-4-2-3-5-10(9)19-12/h2-6,14H,7H2,1H3,(H,13,16). The van der Waals surface area contributed by atoms with Gasteiger partial charge in [0.1, 0.15) is 9.90 Å². The molecule has 0 aliphatic heterocycles. The Hall–Kier alpha value is -1.77. The molecule has 1 aromatic carbocycles. The van der Waals surface area contributed by atoms with Crippen LogP contribution in [0.5, 0.6) is 0 Å². The summed E-state index contributed by atoms with van der Waals surface area (Å²) < 4.78 is 27.8. The molecule has 0 atom stereocenters. The van der Waals surface area contributed by atoms with Crippen molar-refractivity contribution >= 4 is 31.6 Å². The summed E-state index contributed by atoms with van der Waals surface area (Å²) in [5.41, 5.74) is 1.40. The third kappa shape index (κ3) is 2.45. The van der Waals surface area contributed by atoms with E-state index in [9.17, 15) is 8.42 Å². The first-order valence-corrected chi connectivity index (χ1v) is 8.20. The molecule has 8 heteroatoms. The number of para-hydroxylation sites is 1. The number of sulfonamides is 1. The molecule has 3 aromatic rings. The van der Waals surface area contributed by atoms with E-state index in [1.807, 2.05) is 24.3 Å². The normalized spacial score (nSPS) is 12.1. The predicted octanol–water partition coefficient (Wildman–Crippen LogP) is 1.81. The highest BCUT2D eigenvalue weighted by Gasteiger charge is 2.18. The van der Waals surface area contributed by atoms with Crippen molar-refractivity contribution in [2.75, 3.05) is 0 Å². The van der Waals surface area contributed by atoms with Crippen LogP contribution in [0.3, 0.4) is 0 Å². The van der Waals surface area contributed by atoms with E-state index in [2.05, 4.69) is 19.9 Å². The molecule has 0 bridgehead atoms. The van der Waals surface area contributed by atoms with Gasteiger partial charge >= 0.3 is 0 Å². The third-order valence-electron chi connectivity index (χ3n) is 2.82. The lowest BCUT2D eigenvalue weighted by molar-refractivity contribution is 0.580. The zero-order valence-corrected chi connectivity index (χ0v) is 12.3. The van der Waals surface area contributed by atoms with Gasteiger partial charge in [0, 0.05) is 0 Å². The number of rotatable bonds is 4. The molecule has 0 fully saturated rings. The Balaban J connectivity index is 1.81. The van der Waals surface area contributed by atoms with Crippen LogP contribution in [0, 0.1) is 6.92 Å². The van der Waals surface area contributed by atoms with E-state index in [0.717, 1.165) is 15.2 Å². The highest BCUT2D eigenvalue weighted by molar-refractivity contribution is 7.89. The molecular formula is C12H12N4O2S2. The van der Waals surface area contributed by atoms with Crippen molar-refractivity contribution in [3.63, 3.8) is 0 Å². The molecule has 2 heterocycles. The summed E-state index contributed by atoms with van der Waals surface area (Å²) in [5, 5.41) is 7.07. The zero-order valence-electron chi connectivity index (χ0n) is 10.6. The van der Waals surface area contributed by atoms with Gasteiger partial charge in [0.2, 0.25) is 10.0 Å². The molecule has 0 saturated heterocycles. The number of benzene rings is 1. The molecule has 20 heavy (non-hydrogen) atoms. The molecule has 0 unspecified atom stereocenters. The quantitative estimate of drug-likeness (QED) is 0.769. The number of aryl methyl sites for hydroxylation is 1. The smallest absolute Gasteiger partial charge is 0.244 e.